The first-order valence-electron chi connectivity index (χ1n) is 9.91. The van der Waals surface area contributed by atoms with Crippen LogP contribution in [0.5, 0.6) is 0 Å². The van der Waals surface area contributed by atoms with E-state index in [1.165, 1.54) is 37.3 Å². The maximum Gasteiger partial charge on any atom is 0.407 e. The second-order valence-electron chi connectivity index (χ2n) is 6.95. The number of alkyl carbamates (subject to hydrolysis) is 1. The summed E-state index contributed by atoms with van der Waals surface area (Å²) in [6.45, 7) is 5.06. The molecule has 0 saturated heterocycles. The van der Waals surface area contributed by atoms with Crippen LogP contribution in [0.1, 0.15) is 19.8 Å². The first kappa shape index (κ1) is 26.1. The molecule has 0 spiro atoms. The van der Waals surface area contributed by atoms with Gasteiger partial charge in [0.25, 0.3) is 0 Å². The van der Waals surface area contributed by atoms with E-state index in [0.717, 1.165) is 0 Å². The van der Waals surface area contributed by atoms with Gasteiger partial charge in [0.1, 0.15) is 17.8 Å². The SMILES string of the molecule is C=CCNC(=O)OC(C[C@@H](O)C=CC=CC=CCO)[C@](C)(O)C=CC1CC=CC(=O)O1. The Labute approximate surface area is 182 Å². The molecule has 2 unspecified atom stereocenters. The maximum atomic E-state index is 12.0. The molecule has 1 aliphatic rings. The molecule has 0 bridgehead atoms. The number of hydrogen-bond donors (Lipinski definition) is 4. The Bertz CT molecular complexity index is 734. The van der Waals surface area contributed by atoms with E-state index in [4.69, 9.17) is 14.6 Å². The molecule has 0 aromatic carbocycles. The summed E-state index contributed by atoms with van der Waals surface area (Å²) >= 11 is 0. The highest BCUT2D eigenvalue weighted by Crippen LogP contribution is 2.22. The predicted molar refractivity (Wildman–Crippen MR) is 117 cm³/mol. The molecule has 0 aromatic rings. The molecule has 0 aromatic heterocycles. The average Bonchev–Trinajstić information content (AvgIpc) is 2.73. The number of aliphatic hydroxyl groups excluding tert-OH is 2. The second kappa shape index (κ2) is 14.1. The van der Waals surface area contributed by atoms with Gasteiger partial charge >= 0.3 is 12.1 Å². The van der Waals surface area contributed by atoms with Crippen molar-refractivity contribution in [2.75, 3.05) is 13.2 Å². The fourth-order valence-corrected chi connectivity index (χ4v) is 2.55. The van der Waals surface area contributed by atoms with Crippen LogP contribution in [0.25, 0.3) is 0 Å². The molecule has 170 valence electrons. The highest BCUT2D eigenvalue weighted by molar-refractivity contribution is 5.82. The number of allylic oxidation sites excluding steroid dienone is 4. The van der Waals surface area contributed by atoms with E-state index in [1.807, 2.05) is 0 Å². The first-order valence-corrected chi connectivity index (χ1v) is 9.91. The van der Waals surface area contributed by atoms with Crippen molar-refractivity contribution in [3.63, 3.8) is 0 Å². The smallest absolute Gasteiger partial charge is 0.407 e. The van der Waals surface area contributed by atoms with E-state index < -0.39 is 36.0 Å². The second-order valence-corrected chi connectivity index (χ2v) is 6.95. The molecule has 1 heterocycles. The van der Waals surface area contributed by atoms with Crippen molar-refractivity contribution in [1.82, 2.24) is 5.32 Å². The van der Waals surface area contributed by atoms with E-state index in [0.29, 0.717) is 6.42 Å². The molecule has 4 N–H and O–H groups in total. The monoisotopic (exact) mass is 433 g/mol. The van der Waals surface area contributed by atoms with Crippen LogP contribution in [0.15, 0.2) is 73.4 Å². The van der Waals surface area contributed by atoms with Crippen LogP contribution in [0.3, 0.4) is 0 Å². The summed E-state index contributed by atoms with van der Waals surface area (Å²) in [6, 6.07) is 0. The minimum Gasteiger partial charge on any atom is -0.455 e. The lowest BCUT2D eigenvalue weighted by Crippen LogP contribution is -2.45. The predicted octanol–water partition coefficient (Wildman–Crippen LogP) is 1.86. The maximum absolute atomic E-state index is 12.0. The van der Waals surface area contributed by atoms with Crippen LogP contribution in [0.4, 0.5) is 4.79 Å². The number of nitrogens with one attached hydrogen (secondary N) is 1. The van der Waals surface area contributed by atoms with Crippen molar-refractivity contribution in [2.45, 2.75) is 43.7 Å². The van der Waals surface area contributed by atoms with Gasteiger partial charge in [-0.2, -0.15) is 0 Å². The van der Waals surface area contributed by atoms with Crippen molar-refractivity contribution in [3.05, 3.63) is 73.4 Å². The van der Waals surface area contributed by atoms with Crippen molar-refractivity contribution in [3.8, 4) is 0 Å². The van der Waals surface area contributed by atoms with Crippen LogP contribution >= 0.6 is 0 Å². The number of cyclic esters (lactones) is 1. The lowest BCUT2D eigenvalue weighted by molar-refractivity contribution is -0.141. The molecule has 0 aliphatic carbocycles. The van der Waals surface area contributed by atoms with Crippen LogP contribution < -0.4 is 5.32 Å². The van der Waals surface area contributed by atoms with Gasteiger partial charge in [0.15, 0.2) is 0 Å². The fraction of sp³-hybridized carbons (Fsp3) is 0.391. The van der Waals surface area contributed by atoms with Gasteiger partial charge in [-0.05, 0) is 13.0 Å². The lowest BCUT2D eigenvalue weighted by Gasteiger charge is -2.31. The highest BCUT2D eigenvalue weighted by atomic mass is 16.6. The van der Waals surface area contributed by atoms with Crippen LogP contribution in [-0.4, -0.2) is 64.4 Å². The largest absolute Gasteiger partial charge is 0.455 e. The zero-order valence-corrected chi connectivity index (χ0v) is 17.6. The minimum atomic E-state index is -1.65. The molecule has 1 aliphatic heterocycles. The van der Waals surface area contributed by atoms with E-state index >= 15 is 0 Å². The Morgan fingerprint density at radius 3 is 2.84 bits per heavy atom. The van der Waals surface area contributed by atoms with Gasteiger partial charge in [0.05, 0.1) is 12.7 Å². The fourth-order valence-electron chi connectivity index (χ4n) is 2.55. The van der Waals surface area contributed by atoms with Gasteiger partial charge in [0, 0.05) is 25.5 Å². The first-order chi connectivity index (χ1) is 14.8. The van der Waals surface area contributed by atoms with E-state index in [9.17, 15) is 19.8 Å². The zero-order chi connectivity index (χ0) is 23.1. The Balaban J connectivity index is 2.86. The summed E-state index contributed by atoms with van der Waals surface area (Å²) in [6.07, 6.45) is 14.0. The van der Waals surface area contributed by atoms with Gasteiger partial charge in [-0.3, -0.25) is 0 Å². The number of esters is 1. The Morgan fingerprint density at radius 1 is 1.42 bits per heavy atom. The molecule has 4 atom stereocenters. The molecule has 1 amide bonds. The van der Waals surface area contributed by atoms with Crippen molar-refractivity contribution in [2.24, 2.45) is 0 Å². The van der Waals surface area contributed by atoms with Gasteiger partial charge in [-0.15, -0.1) is 6.58 Å². The molecule has 0 saturated carbocycles. The Morgan fingerprint density at radius 2 is 2.16 bits per heavy atom. The summed E-state index contributed by atoms with van der Waals surface area (Å²) in [5.41, 5.74) is -1.65. The third-order valence-corrected chi connectivity index (χ3v) is 4.19. The molecule has 0 radical (unpaired) electrons. The van der Waals surface area contributed by atoms with Gasteiger partial charge in [0.2, 0.25) is 0 Å². The van der Waals surface area contributed by atoms with Crippen LogP contribution in [-0.2, 0) is 14.3 Å². The quantitative estimate of drug-likeness (QED) is 0.210. The normalized spacial score (nSPS) is 20.8. The summed E-state index contributed by atoms with van der Waals surface area (Å²) in [5, 5.41) is 32.3. The Hall–Kier alpha value is -2.94. The number of carbonyl (C=O) groups excluding carboxylic acids is 2. The highest BCUT2D eigenvalue weighted by Gasteiger charge is 2.34. The standard InChI is InChI=1S/C23H31NO7/c1-3-15-24-22(28)31-20(17-18(26)10-7-5-4-6-8-16-25)23(2,29)14-13-19-11-9-12-21(27)30-19/h3-10,12-14,18-20,25-26,29H,1,11,15-17H2,2H3,(H,24,28)/t18-,19?,20?,23+/m0/s1. The number of amides is 1. The molecule has 0 fully saturated rings. The van der Waals surface area contributed by atoms with Crippen molar-refractivity contribution >= 4 is 12.1 Å². The molecule has 8 heteroatoms. The summed E-state index contributed by atoms with van der Waals surface area (Å²) in [4.78, 5) is 23.4. The van der Waals surface area contributed by atoms with E-state index in [2.05, 4.69) is 11.9 Å². The Kier molecular flexibility index (Phi) is 11.9. The zero-order valence-electron chi connectivity index (χ0n) is 17.6. The van der Waals surface area contributed by atoms with Crippen molar-refractivity contribution in [1.29, 1.82) is 0 Å². The topological polar surface area (TPSA) is 125 Å². The number of ether oxygens (including phenoxy) is 2. The van der Waals surface area contributed by atoms with Crippen LogP contribution in [0, 0.1) is 0 Å². The molecule has 1 rings (SSSR count). The number of hydrogen-bond acceptors (Lipinski definition) is 7. The molecule has 31 heavy (non-hydrogen) atoms. The summed E-state index contributed by atoms with van der Waals surface area (Å²) < 4.78 is 10.5. The van der Waals surface area contributed by atoms with E-state index in [-0.39, 0.29) is 19.6 Å². The third kappa shape index (κ3) is 11.1. The van der Waals surface area contributed by atoms with Gasteiger partial charge in [-0.1, -0.05) is 54.7 Å². The van der Waals surface area contributed by atoms with E-state index in [1.54, 1.807) is 36.5 Å². The van der Waals surface area contributed by atoms with Gasteiger partial charge in [-0.25, -0.2) is 9.59 Å². The lowest BCUT2D eigenvalue weighted by atomic mass is 9.92. The molecular formula is C23H31NO7. The number of carbonyl (C=O) groups is 2. The van der Waals surface area contributed by atoms with Crippen LogP contribution in [0.2, 0.25) is 0 Å². The molecular weight excluding hydrogens is 402 g/mol. The van der Waals surface area contributed by atoms with Crippen molar-refractivity contribution < 1.29 is 34.4 Å². The number of rotatable bonds is 12. The third-order valence-electron chi connectivity index (χ3n) is 4.19. The van der Waals surface area contributed by atoms with Gasteiger partial charge < -0.3 is 30.1 Å². The summed E-state index contributed by atoms with van der Waals surface area (Å²) in [5.74, 6) is -0.473. The molecule has 8 nitrogen and oxygen atoms in total. The summed E-state index contributed by atoms with van der Waals surface area (Å²) in [7, 11) is 0. The number of aliphatic hydroxyl groups is 3. The minimum absolute atomic E-state index is 0.0669. The average molecular weight is 434 g/mol.